The standard InChI is InChI=1S/C6H6Cl2N2S/c1-4-6(10(8)11)2-5(7)3-9-4/h2-3,11H,1H3. The zero-order valence-electron chi connectivity index (χ0n) is 5.75. The molecule has 0 saturated heterocycles. The Morgan fingerprint density at radius 2 is 2.27 bits per heavy atom. The Bertz CT molecular complexity index is 265. The quantitative estimate of drug-likeness (QED) is 0.565. The molecule has 0 fully saturated rings. The minimum Gasteiger partial charge on any atom is -0.258 e. The third-order valence-electron chi connectivity index (χ3n) is 1.23. The first kappa shape index (κ1) is 8.97. The van der Waals surface area contributed by atoms with Gasteiger partial charge >= 0.3 is 0 Å². The SMILES string of the molecule is Cc1ncc(Cl)cc1N(S)Cl. The van der Waals surface area contributed by atoms with E-state index in [0.717, 1.165) is 9.52 Å². The van der Waals surface area contributed by atoms with Crippen LogP contribution in [0.25, 0.3) is 0 Å². The van der Waals surface area contributed by atoms with Crippen LogP contribution in [-0.4, -0.2) is 4.98 Å². The van der Waals surface area contributed by atoms with Crippen LogP contribution in [0.3, 0.4) is 0 Å². The average Bonchev–Trinajstić information content (AvgIpc) is 1.94. The first-order valence-corrected chi connectivity index (χ1v) is 4.00. The number of thiol groups is 1. The first-order chi connectivity index (χ1) is 5.11. The largest absolute Gasteiger partial charge is 0.258 e. The Balaban J connectivity index is 3.13. The fourth-order valence-electron chi connectivity index (χ4n) is 0.684. The molecule has 1 aromatic heterocycles. The number of hydrogen-bond acceptors (Lipinski definition) is 3. The zero-order valence-corrected chi connectivity index (χ0v) is 8.16. The summed E-state index contributed by atoms with van der Waals surface area (Å²) in [7, 11) is 0. The van der Waals surface area contributed by atoms with Crippen molar-refractivity contribution in [1.82, 2.24) is 4.98 Å². The summed E-state index contributed by atoms with van der Waals surface area (Å²) < 4.78 is 1.16. The number of aromatic nitrogens is 1. The minimum atomic E-state index is 0.547. The molecule has 0 spiro atoms. The third-order valence-corrected chi connectivity index (χ3v) is 1.83. The summed E-state index contributed by atoms with van der Waals surface area (Å²) in [4.78, 5) is 3.99. The Kier molecular flexibility index (Phi) is 2.87. The highest BCUT2D eigenvalue weighted by Crippen LogP contribution is 2.24. The highest BCUT2D eigenvalue weighted by molar-refractivity contribution is 7.83. The van der Waals surface area contributed by atoms with Crippen LogP contribution in [-0.2, 0) is 0 Å². The predicted octanol–water partition coefficient (Wildman–Crippen LogP) is 2.85. The molecular formula is C6H6Cl2N2S. The second-order valence-electron chi connectivity index (χ2n) is 2.02. The zero-order chi connectivity index (χ0) is 8.43. The van der Waals surface area contributed by atoms with Gasteiger partial charge in [0.25, 0.3) is 0 Å². The van der Waals surface area contributed by atoms with E-state index in [-0.39, 0.29) is 0 Å². The summed E-state index contributed by atoms with van der Waals surface area (Å²) in [6, 6.07) is 1.70. The van der Waals surface area contributed by atoms with Crippen molar-refractivity contribution in [3.8, 4) is 0 Å². The van der Waals surface area contributed by atoms with E-state index in [4.69, 9.17) is 23.4 Å². The molecule has 0 aliphatic heterocycles. The van der Waals surface area contributed by atoms with Gasteiger partial charge < -0.3 is 0 Å². The maximum Gasteiger partial charge on any atom is 0.0875 e. The van der Waals surface area contributed by atoms with Gasteiger partial charge in [-0.05, 0) is 25.8 Å². The molecule has 1 heterocycles. The van der Waals surface area contributed by atoms with Gasteiger partial charge in [-0.1, -0.05) is 11.6 Å². The van der Waals surface area contributed by atoms with E-state index >= 15 is 0 Å². The molecule has 0 amide bonds. The number of halogens is 2. The van der Waals surface area contributed by atoms with E-state index in [1.807, 2.05) is 6.92 Å². The summed E-state index contributed by atoms with van der Waals surface area (Å²) in [6.07, 6.45) is 1.56. The van der Waals surface area contributed by atoms with Crippen LogP contribution in [0.2, 0.25) is 5.02 Å². The van der Waals surface area contributed by atoms with Crippen molar-refractivity contribution in [1.29, 1.82) is 0 Å². The smallest absolute Gasteiger partial charge is 0.0875 e. The van der Waals surface area contributed by atoms with E-state index in [0.29, 0.717) is 10.7 Å². The predicted molar refractivity (Wildman–Crippen MR) is 51.3 cm³/mol. The third kappa shape index (κ3) is 2.15. The average molecular weight is 209 g/mol. The number of anilines is 1. The second kappa shape index (κ2) is 3.52. The van der Waals surface area contributed by atoms with E-state index in [2.05, 4.69) is 17.8 Å². The molecule has 0 radical (unpaired) electrons. The molecule has 0 unspecified atom stereocenters. The van der Waals surface area contributed by atoms with E-state index in [1.54, 1.807) is 12.3 Å². The summed E-state index contributed by atoms with van der Waals surface area (Å²) in [5, 5.41) is 0.547. The molecule has 0 saturated carbocycles. The van der Waals surface area contributed by atoms with E-state index in [9.17, 15) is 0 Å². The van der Waals surface area contributed by atoms with Crippen molar-refractivity contribution in [2.24, 2.45) is 0 Å². The summed E-state index contributed by atoms with van der Waals surface area (Å²) >= 11 is 15.2. The molecule has 5 heteroatoms. The molecule has 0 atom stereocenters. The van der Waals surface area contributed by atoms with Gasteiger partial charge in [-0.15, -0.1) is 0 Å². The van der Waals surface area contributed by atoms with Crippen molar-refractivity contribution < 1.29 is 0 Å². The number of rotatable bonds is 1. The van der Waals surface area contributed by atoms with Gasteiger partial charge in [-0.3, -0.25) is 4.98 Å². The van der Waals surface area contributed by atoms with Gasteiger partial charge in [0.15, 0.2) is 0 Å². The monoisotopic (exact) mass is 208 g/mol. The normalized spacial score (nSPS) is 9.82. The molecule has 1 aromatic rings. The van der Waals surface area contributed by atoms with Crippen molar-refractivity contribution in [2.75, 3.05) is 3.82 Å². The Labute approximate surface area is 80.8 Å². The Morgan fingerprint density at radius 3 is 2.73 bits per heavy atom. The van der Waals surface area contributed by atoms with Gasteiger partial charge in [0.1, 0.15) is 0 Å². The van der Waals surface area contributed by atoms with Crippen LogP contribution in [0.5, 0.6) is 0 Å². The molecule has 0 N–H and O–H groups in total. The van der Waals surface area contributed by atoms with Crippen molar-refractivity contribution in [3.05, 3.63) is 23.0 Å². The van der Waals surface area contributed by atoms with Crippen molar-refractivity contribution in [2.45, 2.75) is 6.92 Å². The number of pyridine rings is 1. The summed E-state index contributed by atoms with van der Waals surface area (Å²) in [5.74, 6) is 0. The lowest BCUT2D eigenvalue weighted by molar-refractivity contribution is 1.20. The van der Waals surface area contributed by atoms with Crippen molar-refractivity contribution in [3.63, 3.8) is 0 Å². The topological polar surface area (TPSA) is 16.1 Å². The molecule has 0 aromatic carbocycles. The van der Waals surface area contributed by atoms with Gasteiger partial charge in [0, 0.05) is 18.0 Å². The summed E-state index contributed by atoms with van der Waals surface area (Å²) in [5.41, 5.74) is 1.49. The lowest BCUT2D eigenvalue weighted by atomic mass is 10.3. The lowest BCUT2D eigenvalue weighted by Crippen LogP contribution is -1.96. The summed E-state index contributed by atoms with van der Waals surface area (Å²) in [6.45, 7) is 1.83. The fourth-order valence-corrected chi connectivity index (χ4v) is 1.21. The molecule has 2 nitrogen and oxygen atoms in total. The first-order valence-electron chi connectivity index (χ1n) is 2.88. The van der Waals surface area contributed by atoms with Gasteiger partial charge in [-0.25, -0.2) is 3.82 Å². The van der Waals surface area contributed by atoms with Crippen LogP contribution < -0.4 is 3.82 Å². The molecule has 0 aliphatic rings. The van der Waals surface area contributed by atoms with E-state index < -0.39 is 0 Å². The molecule has 1 rings (SSSR count). The Morgan fingerprint density at radius 1 is 1.64 bits per heavy atom. The highest BCUT2D eigenvalue weighted by Gasteiger charge is 2.03. The van der Waals surface area contributed by atoms with Gasteiger partial charge in [0.2, 0.25) is 0 Å². The van der Waals surface area contributed by atoms with Crippen LogP contribution in [0, 0.1) is 6.92 Å². The van der Waals surface area contributed by atoms with Gasteiger partial charge in [-0.2, -0.15) is 0 Å². The lowest BCUT2D eigenvalue weighted by Gasteiger charge is -2.09. The van der Waals surface area contributed by atoms with Crippen LogP contribution in [0.1, 0.15) is 5.69 Å². The molecule has 11 heavy (non-hydrogen) atoms. The molecule has 0 aliphatic carbocycles. The fraction of sp³-hybridized carbons (Fsp3) is 0.167. The molecular weight excluding hydrogens is 203 g/mol. The number of hydrogen-bond donors (Lipinski definition) is 1. The Hall–Kier alpha value is -0.120. The second-order valence-corrected chi connectivity index (χ2v) is 3.43. The minimum absolute atomic E-state index is 0.547. The van der Waals surface area contributed by atoms with Crippen molar-refractivity contribution >= 4 is 41.9 Å². The molecule has 60 valence electrons. The van der Waals surface area contributed by atoms with E-state index in [1.165, 1.54) is 0 Å². The highest BCUT2D eigenvalue weighted by atomic mass is 35.5. The van der Waals surface area contributed by atoms with Crippen LogP contribution in [0.4, 0.5) is 5.69 Å². The maximum absolute atomic E-state index is 5.68. The van der Waals surface area contributed by atoms with Crippen LogP contribution >= 0.6 is 36.2 Å². The van der Waals surface area contributed by atoms with Gasteiger partial charge in [0.05, 0.1) is 16.4 Å². The molecule has 0 bridgehead atoms. The van der Waals surface area contributed by atoms with Crippen LogP contribution in [0.15, 0.2) is 12.3 Å². The number of aryl methyl sites for hydroxylation is 1. The maximum atomic E-state index is 5.68. The number of nitrogens with zero attached hydrogens (tertiary/aromatic N) is 2.